The van der Waals surface area contributed by atoms with Crippen molar-refractivity contribution in [3.63, 3.8) is 0 Å². The minimum absolute atomic E-state index is 0.184. The summed E-state index contributed by atoms with van der Waals surface area (Å²) in [5.74, 6) is 0.803. The molecule has 1 aromatic carbocycles. The van der Waals surface area contributed by atoms with E-state index in [2.05, 4.69) is 17.0 Å². The van der Waals surface area contributed by atoms with Gasteiger partial charge in [0, 0.05) is 37.8 Å². The second-order valence-corrected chi connectivity index (χ2v) is 7.37. The first-order chi connectivity index (χ1) is 12.8. The molecule has 2 aromatic rings. The number of nitrogens with zero attached hydrogens (tertiary/aromatic N) is 3. The predicted molar refractivity (Wildman–Crippen MR) is 106 cm³/mol. The number of pyridine rings is 1. The monoisotopic (exact) mass is 369 g/mol. The van der Waals surface area contributed by atoms with Crippen molar-refractivity contribution in [3.05, 3.63) is 63.6 Å². The molecule has 1 fully saturated rings. The Labute approximate surface area is 160 Å². The van der Waals surface area contributed by atoms with Gasteiger partial charge in [0.15, 0.2) is 0 Å². The van der Waals surface area contributed by atoms with Crippen molar-refractivity contribution < 1.29 is 9.53 Å². The average molecular weight is 369 g/mol. The lowest BCUT2D eigenvalue weighted by Crippen LogP contribution is -2.38. The van der Waals surface area contributed by atoms with Crippen molar-refractivity contribution in [2.24, 2.45) is 7.05 Å². The molecule has 1 aromatic heterocycles. The van der Waals surface area contributed by atoms with Crippen molar-refractivity contribution >= 4 is 5.91 Å². The molecule has 2 atom stereocenters. The van der Waals surface area contributed by atoms with Gasteiger partial charge < -0.3 is 19.1 Å². The van der Waals surface area contributed by atoms with E-state index in [0.29, 0.717) is 13.1 Å². The molecular formula is C21H27N3O3. The molecule has 0 bridgehead atoms. The number of methoxy groups -OCH3 is 1. The number of carbonyl (C=O) groups is 1. The van der Waals surface area contributed by atoms with Crippen LogP contribution in [-0.4, -0.2) is 60.6 Å². The van der Waals surface area contributed by atoms with Crippen LogP contribution in [0.25, 0.3) is 0 Å². The second-order valence-electron chi connectivity index (χ2n) is 7.37. The fraction of sp³-hybridized carbons (Fsp3) is 0.429. The fourth-order valence-corrected chi connectivity index (χ4v) is 3.72. The lowest BCUT2D eigenvalue weighted by molar-refractivity contribution is 0.0780. The highest BCUT2D eigenvalue weighted by Gasteiger charge is 2.38. The van der Waals surface area contributed by atoms with Crippen LogP contribution < -0.4 is 10.3 Å². The minimum Gasteiger partial charge on any atom is -0.497 e. The zero-order chi connectivity index (χ0) is 19.7. The number of rotatable bonds is 4. The van der Waals surface area contributed by atoms with Crippen molar-refractivity contribution in [2.75, 3.05) is 34.3 Å². The molecule has 0 aliphatic carbocycles. The number of aromatic nitrogens is 1. The first-order valence-electron chi connectivity index (χ1n) is 9.09. The molecule has 0 N–H and O–H groups in total. The summed E-state index contributed by atoms with van der Waals surface area (Å²) >= 11 is 0. The van der Waals surface area contributed by atoms with Crippen LogP contribution in [0.3, 0.4) is 0 Å². The Bertz CT molecular complexity index is 887. The van der Waals surface area contributed by atoms with Gasteiger partial charge in [-0.15, -0.1) is 0 Å². The number of aryl methyl sites for hydroxylation is 1. The van der Waals surface area contributed by atoms with Gasteiger partial charge in [-0.3, -0.25) is 9.59 Å². The van der Waals surface area contributed by atoms with Crippen molar-refractivity contribution in [1.82, 2.24) is 14.4 Å². The van der Waals surface area contributed by atoms with Crippen LogP contribution in [0, 0.1) is 6.92 Å². The Kier molecular flexibility index (Phi) is 5.37. The summed E-state index contributed by atoms with van der Waals surface area (Å²) in [5.41, 5.74) is 1.99. The highest BCUT2D eigenvalue weighted by Crippen LogP contribution is 2.31. The number of likely N-dealkylation sites (tertiary alicyclic amines) is 1. The third-order valence-corrected chi connectivity index (χ3v) is 5.57. The molecule has 3 rings (SSSR count). The normalized spacial score (nSPS) is 19.6. The average Bonchev–Trinajstić information content (AvgIpc) is 3.11. The van der Waals surface area contributed by atoms with Crippen LogP contribution in [0.5, 0.6) is 5.75 Å². The first-order valence-corrected chi connectivity index (χ1v) is 9.09. The van der Waals surface area contributed by atoms with E-state index < -0.39 is 0 Å². The molecule has 27 heavy (non-hydrogen) atoms. The summed E-state index contributed by atoms with van der Waals surface area (Å²) in [6.07, 6.45) is 0. The Morgan fingerprint density at radius 3 is 2.37 bits per heavy atom. The highest BCUT2D eigenvalue weighted by molar-refractivity contribution is 5.94. The van der Waals surface area contributed by atoms with Crippen LogP contribution in [0.1, 0.15) is 27.5 Å². The lowest BCUT2D eigenvalue weighted by Gasteiger charge is -2.25. The molecule has 1 aliphatic rings. The molecule has 0 saturated carbocycles. The summed E-state index contributed by atoms with van der Waals surface area (Å²) in [6.45, 7) is 3.04. The van der Waals surface area contributed by atoms with Crippen LogP contribution in [0.2, 0.25) is 0 Å². The largest absolute Gasteiger partial charge is 0.497 e. The van der Waals surface area contributed by atoms with Gasteiger partial charge in [-0.05, 0) is 50.8 Å². The van der Waals surface area contributed by atoms with E-state index >= 15 is 0 Å². The summed E-state index contributed by atoms with van der Waals surface area (Å²) < 4.78 is 6.77. The van der Waals surface area contributed by atoms with Gasteiger partial charge in [-0.2, -0.15) is 0 Å². The van der Waals surface area contributed by atoms with Crippen molar-refractivity contribution in [1.29, 1.82) is 0 Å². The Hall–Kier alpha value is -2.60. The van der Waals surface area contributed by atoms with Gasteiger partial charge in [0.2, 0.25) is 0 Å². The quantitative estimate of drug-likeness (QED) is 0.826. The van der Waals surface area contributed by atoms with Crippen molar-refractivity contribution in [3.8, 4) is 5.75 Å². The molecule has 0 spiro atoms. The number of likely N-dealkylation sites (N-methyl/N-ethyl adjacent to an activating group) is 1. The molecule has 6 heteroatoms. The Morgan fingerprint density at radius 1 is 1.11 bits per heavy atom. The smallest absolute Gasteiger partial charge is 0.263 e. The van der Waals surface area contributed by atoms with Gasteiger partial charge in [-0.1, -0.05) is 12.1 Å². The summed E-state index contributed by atoms with van der Waals surface area (Å²) in [7, 11) is 7.40. The second kappa shape index (κ2) is 7.56. The number of hydrogen-bond donors (Lipinski definition) is 0. The molecule has 144 valence electrons. The van der Waals surface area contributed by atoms with E-state index in [1.165, 1.54) is 10.1 Å². The highest BCUT2D eigenvalue weighted by atomic mass is 16.5. The van der Waals surface area contributed by atoms with E-state index in [1.807, 2.05) is 39.2 Å². The van der Waals surface area contributed by atoms with Gasteiger partial charge in [0.1, 0.15) is 11.3 Å². The van der Waals surface area contributed by atoms with Gasteiger partial charge in [0.05, 0.1) is 7.11 Å². The number of carbonyl (C=O) groups excluding carboxylic acids is 1. The molecule has 2 unspecified atom stereocenters. The van der Waals surface area contributed by atoms with Gasteiger partial charge in [0.25, 0.3) is 11.5 Å². The third kappa shape index (κ3) is 3.62. The number of ether oxygens (including phenoxy) is 1. The third-order valence-electron chi connectivity index (χ3n) is 5.57. The Balaban J connectivity index is 1.89. The SMILES string of the molecule is COc1ccc(C2CN(C(=O)c3ccc(C)n(C)c3=O)CC2N(C)C)cc1. The van der Waals surface area contributed by atoms with Crippen LogP contribution in [0.15, 0.2) is 41.2 Å². The molecule has 1 amide bonds. The first kappa shape index (κ1) is 19.2. The Morgan fingerprint density at radius 2 is 1.78 bits per heavy atom. The molecule has 2 heterocycles. The minimum atomic E-state index is -0.241. The maximum Gasteiger partial charge on any atom is 0.263 e. The maximum absolute atomic E-state index is 13.1. The molecule has 1 aliphatic heterocycles. The van der Waals surface area contributed by atoms with Crippen molar-refractivity contribution in [2.45, 2.75) is 18.9 Å². The zero-order valence-electron chi connectivity index (χ0n) is 16.6. The zero-order valence-corrected chi connectivity index (χ0v) is 16.6. The van der Waals surface area contributed by atoms with Crippen LogP contribution in [0.4, 0.5) is 0 Å². The molecule has 6 nitrogen and oxygen atoms in total. The fourth-order valence-electron chi connectivity index (χ4n) is 3.72. The van der Waals surface area contributed by atoms with Crippen LogP contribution >= 0.6 is 0 Å². The number of hydrogen-bond acceptors (Lipinski definition) is 4. The summed E-state index contributed by atoms with van der Waals surface area (Å²) in [6, 6.07) is 11.7. The number of benzene rings is 1. The van der Waals surface area contributed by atoms with Gasteiger partial charge >= 0.3 is 0 Å². The maximum atomic E-state index is 13.1. The van der Waals surface area contributed by atoms with Crippen LogP contribution in [-0.2, 0) is 7.05 Å². The summed E-state index contributed by atoms with van der Waals surface area (Å²) in [4.78, 5) is 29.5. The predicted octanol–water partition coefficient (Wildman–Crippen LogP) is 1.87. The number of amides is 1. The molecule has 0 radical (unpaired) electrons. The standard InChI is InChI=1S/C21H27N3O3/c1-14-6-11-17(20(25)23(14)4)21(26)24-12-18(19(13-24)22(2)3)15-7-9-16(27-5)10-8-15/h6-11,18-19H,12-13H2,1-5H3. The summed E-state index contributed by atoms with van der Waals surface area (Å²) in [5, 5.41) is 0. The topological polar surface area (TPSA) is 54.8 Å². The van der Waals surface area contributed by atoms with E-state index in [1.54, 1.807) is 25.1 Å². The molecule has 1 saturated heterocycles. The molecular weight excluding hydrogens is 342 g/mol. The van der Waals surface area contributed by atoms with E-state index in [0.717, 1.165) is 11.4 Å². The van der Waals surface area contributed by atoms with Gasteiger partial charge in [-0.25, -0.2) is 0 Å². The van der Waals surface area contributed by atoms with E-state index in [4.69, 9.17) is 4.74 Å². The lowest BCUT2D eigenvalue weighted by atomic mass is 9.93. The van der Waals surface area contributed by atoms with E-state index in [-0.39, 0.29) is 29.0 Å². The van der Waals surface area contributed by atoms with E-state index in [9.17, 15) is 9.59 Å².